The van der Waals surface area contributed by atoms with E-state index in [0.717, 1.165) is 37.9 Å². The molecular weight excluding hydrogens is 254 g/mol. The van der Waals surface area contributed by atoms with Gasteiger partial charge in [0.2, 0.25) is 5.89 Å². The Morgan fingerprint density at radius 3 is 2.80 bits per heavy atom. The molecule has 0 radical (unpaired) electrons. The minimum atomic E-state index is 0.225. The second-order valence-electron chi connectivity index (χ2n) is 5.88. The van der Waals surface area contributed by atoms with Gasteiger partial charge in [-0.25, -0.2) is 0 Å². The Balaban J connectivity index is 2.08. The van der Waals surface area contributed by atoms with E-state index in [1.807, 2.05) is 0 Å². The highest BCUT2D eigenvalue weighted by Gasteiger charge is 2.29. The molecule has 0 saturated carbocycles. The molecular formula is C14H27N5O. The minimum absolute atomic E-state index is 0.225. The van der Waals surface area contributed by atoms with Crippen molar-refractivity contribution in [2.24, 2.45) is 0 Å². The monoisotopic (exact) mass is 281 g/mol. The third kappa shape index (κ3) is 3.37. The molecule has 114 valence electrons. The van der Waals surface area contributed by atoms with E-state index in [9.17, 15) is 0 Å². The number of aromatic nitrogens is 2. The third-order valence-corrected chi connectivity index (χ3v) is 4.27. The summed E-state index contributed by atoms with van der Waals surface area (Å²) >= 11 is 0. The third-order valence-electron chi connectivity index (χ3n) is 4.27. The number of hydrogen-bond acceptors (Lipinski definition) is 6. The van der Waals surface area contributed by atoms with Crippen LogP contribution in [0.15, 0.2) is 4.52 Å². The van der Waals surface area contributed by atoms with Gasteiger partial charge >= 0.3 is 0 Å². The highest BCUT2D eigenvalue weighted by molar-refractivity contribution is 5.02. The molecule has 1 aliphatic heterocycles. The van der Waals surface area contributed by atoms with Crippen molar-refractivity contribution in [3.8, 4) is 0 Å². The zero-order chi connectivity index (χ0) is 14.7. The average molecular weight is 281 g/mol. The lowest BCUT2D eigenvalue weighted by molar-refractivity contribution is 0.108. The van der Waals surface area contributed by atoms with Gasteiger partial charge in [-0.2, -0.15) is 4.98 Å². The number of rotatable bonds is 5. The molecule has 1 aromatic rings. The molecule has 1 fully saturated rings. The highest BCUT2D eigenvalue weighted by Crippen LogP contribution is 2.24. The van der Waals surface area contributed by atoms with E-state index in [0.29, 0.717) is 6.04 Å². The summed E-state index contributed by atoms with van der Waals surface area (Å²) < 4.78 is 5.48. The zero-order valence-electron chi connectivity index (χ0n) is 13.3. The van der Waals surface area contributed by atoms with E-state index in [2.05, 4.69) is 60.1 Å². The number of nitrogens with one attached hydrogen (secondary N) is 1. The van der Waals surface area contributed by atoms with Gasteiger partial charge in [-0.05, 0) is 27.6 Å². The van der Waals surface area contributed by atoms with Gasteiger partial charge in [0.25, 0.3) is 0 Å². The largest absolute Gasteiger partial charge is 0.339 e. The van der Waals surface area contributed by atoms with E-state index in [1.54, 1.807) is 0 Å². The summed E-state index contributed by atoms with van der Waals surface area (Å²) in [6.45, 7) is 10.4. The number of piperazine rings is 1. The molecule has 6 heteroatoms. The van der Waals surface area contributed by atoms with Crippen LogP contribution in [0.25, 0.3) is 0 Å². The average Bonchev–Trinajstić information content (AvgIpc) is 2.90. The van der Waals surface area contributed by atoms with Crippen LogP contribution in [0, 0.1) is 0 Å². The van der Waals surface area contributed by atoms with Gasteiger partial charge in [0.05, 0.1) is 12.0 Å². The summed E-state index contributed by atoms with van der Waals surface area (Å²) in [5.41, 5.74) is 0. The van der Waals surface area contributed by atoms with Crippen LogP contribution >= 0.6 is 0 Å². The lowest BCUT2D eigenvalue weighted by Crippen LogP contribution is -2.45. The molecule has 1 aromatic heterocycles. The van der Waals surface area contributed by atoms with Crippen LogP contribution in [0.4, 0.5) is 0 Å². The maximum atomic E-state index is 5.48. The Hall–Kier alpha value is -0.980. The highest BCUT2D eigenvalue weighted by atomic mass is 16.5. The topological polar surface area (TPSA) is 57.4 Å². The first-order valence-electron chi connectivity index (χ1n) is 7.48. The van der Waals surface area contributed by atoms with E-state index < -0.39 is 0 Å². The molecule has 2 heterocycles. The normalized spacial score (nSPS) is 24.8. The standard InChI is InChI=1S/C14H27N5O/c1-6-15-11(3)10(2)14-16-13(17-20-14)12-9-18(4)7-8-19(12)5/h10-12,15H,6-9H2,1-5H3. The lowest BCUT2D eigenvalue weighted by atomic mass is 10.0. The van der Waals surface area contributed by atoms with Crippen LogP contribution in [0.5, 0.6) is 0 Å². The van der Waals surface area contributed by atoms with Crippen LogP contribution in [-0.2, 0) is 0 Å². The smallest absolute Gasteiger partial charge is 0.231 e. The predicted molar refractivity (Wildman–Crippen MR) is 78.7 cm³/mol. The van der Waals surface area contributed by atoms with Crippen molar-refractivity contribution in [1.29, 1.82) is 0 Å². The van der Waals surface area contributed by atoms with E-state index in [-0.39, 0.29) is 12.0 Å². The Labute approximate surface area is 121 Å². The van der Waals surface area contributed by atoms with E-state index >= 15 is 0 Å². The quantitative estimate of drug-likeness (QED) is 0.872. The molecule has 1 aliphatic rings. The van der Waals surface area contributed by atoms with Crippen LogP contribution in [-0.4, -0.2) is 66.3 Å². The number of likely N-dealkylation sites (N-methyl/N-ethyl adjacent to an activating group) is 3. The molecule has 0 aliphatic carbocycles. The molecule has 0 bridgehead atoms. The maximum absolute atomic E-state index is 5.48. The van der Waals surface area contributed by atoms with Crippen LogP contribution < -0.4 is 5.32 Å². The fraction of sp³-hybridized carbons (Fsp3) is 0.857. The van der Waals surface area contributed by atoms with E-state index in [4.69, 9.17) is 4.52 Å². The molecule has 0 spiro atoms. The summed E-state index contributed by atoms with van der Waals surface area (Å²) in [6, 6.07) is 0.563. The van der Waals surface area contributed by atoms with Gasteiger partial charge in [0.1, 0.15) is 0 Å². The number of nitrogens with zero attached hydrogens (tertiary/aromatic N) is 4. The molecule has 6 nitrogen and oxygen atoms in total. The molecule has 1 saturated heterocycles. The van der Waals surface area contributed by atoms with Gasteiger partial charge in [-0.3, -0.25) is 4.90 Å². The Kier molecular flexibility index (Phi) is 5.12. The summed E-state index contributed by atoms with van der Waals surface area (Å²) in [4.78, 5) is 9.25. The summed E-state index contributed by atoms with van der Waals surface area (Å²) in [5.74, 6) is 1.77. The minimum Gasteiger partial charge on any atom is -0.339 e. The van der Waals surface area contributed by atoms with Crippen LogP contribution in [0.1, 0.15) is 44.4 Å². The summed E-state index contributed by atoms with van der Waals surface area (Å²) in [7, 11) is 4.26. The first-order chi connectivity index (χ1) is 9.52. The van der Waals surface area contributed by atoms with Gasteiger partial charge in [-0.1, -0.05) is 19.0 Å². The second kappa shape index (κ2) is 6.65. The lowest BCUT2D eigenvalue weighted by Gasteiger charge is -2.35. The fourth-order valence-corrected chi connectivity index (χ4v) is 2.57. The first-order valence-corrected chi connectivity index (χ1v) is 7.48. The van der Waals surface area contributed by atoms with Gasteiger partial charge in [0, 0.05) is 25.7 Å². The van der Waals surface area contributed by atoms with Crippen molar-refractivity contribution in [3.63, 3.8) is 0 Å². The van der Waals surface area contributed by atoms with Crippen molar-refractivity contribution in [2.75, 3.05) is 40.3 Å². The maximum Gasteiger partial charge on any atom is 0.231 e. The molecule has 0 aromatic carbocycles. The van der Waals surface area contributed by atoms with Crippen molar-refractivity contribution < 1.29 is 4.52 Å². The molecule has 3 atom stereocenters. The Morgan fingerprint density at radius 1 is 1.35 bits per heavy atom. The zero-order valence-corrected chi connectivity index (χ0v) is 13.3. The van der Waals surface area contributed by atoms with Crippen LogP contribution in [0.2, 0.25) is 0 Å². The molecule has 0 amide bonds. The summed E-state index contributed by atoms with van der Waals surface area (Å²) in [5, 5.41) is 7.61. The Morgan fingerprint density at radius 2 is 2.10 bits per heavy atom. The van der Waals surface area contributed by atoms with Crippen molar-refractivity contribution in [2.45, 2.75) is 38.8 Å². The van der Waals surface area contributed by atoms with Crippen molar-refractivity contribution in [1.82, 2.24) is 25.3 Å². The van der Waals surface area contributed by atoms with Crippen molar-refractivity contribution >= 4 is 0 Å². The van der Waals surface area contributed by atoms with Gasteiger partial charge in [0.15, 0.2) is 5.82 Å². The second-order valence-corrected chi connectivity index (χ2v) is 5.88. The molecule has 20 heavy (non-hydrogen) atoms. The summed E-state index contributed by atoms with van der Waals surface area (Å²) in [6.07, 6.45) is 0. The Bertz CT molecular complexity index is 421. The fourth-order valence-electron chi connectivity index (χ4n) is 2.57. The SMILES string of the molecule is CCNC(C)C(C)c1nc(C2CN(C)CCN2C)no1. The molecule has 1 N–H and O–H groups in total. The molecule has 2 rings (SSSR count). The van der Waals surface area contributed by atoms with Crippen molar-refractivity contribution in [3.05, 3.63) is 11.7 Å². The number of hydrogen-bond donors (Lipinski definition) is 1. The predicted octanol–water partition coefficient (Wildman–Crippen LogP) is 1.09. The van der Waals surface area contributed by atoms with Crippen LogP contribution in [0.3, 0.4) is 0 Å². The first kappa shape index (κ1) is 15.4. The van der Waals surface area contributed by atoms with Gasteiger partial charge < -0.3 is 14.7 Å². The van der Waals surface area contributed by atoms with Gasteiger partial charge in [-0.15, -0.1) is 0 Å². The van der Waals surface area contributed by atoms with E-state index in [1.165, 1.54) is 0 Å². The molecule has 3 unspecified atom stereocenters.